The number of rotatable bonds is 2. The van der Waals surface area contributed by atoms with Crippen LogP contribution in [0.15, 0.2) is 61.7 Å². The maximum absolute atomic E-state index is 8.93. The minimum atomic E-state index is -0.114. The minimum absolute atomic E-state index is 0.106. The number of phenols is 2. The van der Waals surface area contributed by atoms with Crippen molar-refractivity contribution in [3.8, 4) is 11.5 Å². The van der Waals surface area contributed by atoms with Gasteiger partial charge in [-0.2, -0.15) is 0 Å². The van der Waals surface area contributed by atoms with Crippen LogP contribution in [0.3, 0.4) is 0 Å². The van der Waals surface area contributed by atoms with Gasteiger partial charge in [0.25, 0.3) is 0 Å². The summed E-state index contributed by atoms with van der Waals surface area (Å²) in [5.41, 5.74) is 1.96. The molecule has 0 heterocycles. The molecule has 0 aliphatic rings. The molecule has 0 saturated carbocycles. The molecule has 92 valence electrons. The summed E-state index contributed by atoms with van der Waals surface area (Å²) < 4.78 is 0. The van der Waals surface area contributed by atoms with E-state index in [4.69, 9.17) is 10.2 Å². The van der Waals surface area contributed by atoms with Gasteiger partial charge in [0.1, 0.15) is 0 Å². The molecule has 2 aromatic rings. The number of hydrogen-bond acceptors (Lipinski definition) is 2. The second kappa shape index (κ2) is 6.97. The number of phenolic OH excluding ortho intramolecular Hbond substituents is 2. The van der Waals surface area contributed by atoms with Crippen LogP contribution in [-0.2, 0) is 0 Å². The summed E-state index contributed by atoms with van der Waals surface area (Å²) >= 11 is 0. The van der Waals surface area contributed by atoms with Gasteiger partial charge in [-0.3, -0.25) is 0 Å². The average Bonchev–Trinajstić information content (AvgIpc) is 2.43. The second-order valence-electron chi connectivity index (χ2n) is 3.57. The Morgan fingerprint density at radius 1 is 0.722 bits per heavy atom. The SMILES string of the molecule is C=Cc1ccc(O)c(O)c1.C=Cc1ccccc1. The molecule has 18 heavy (non-hydrogen) atoms. The zero-order valence-corrected chi connectivity index (χ0v) is 10.1. The van der Waals surface area contributed by atoms with E-state index in [1.54, 1.807) is 12.1 Å². The van der Waals surface area contributed by atoms with Gasteiger partial charge < -0.3 is 10.2 Å². The van der Waals surface area contributed by atoms with Crippen LogP contribution in [0.2, 0.25) is 0 Å². The molecule has 0 fully saturated rings. The molecule has 0 unspecified atom stereocenters. The Bertz CT molecular complexity index is 516. The van der Waals surface area contributed by atoms with Gasteiger partial charge in [0.2, 0.25) is 0 Å². The first kappa shape index (κ1) is 13.6. The maximum atomic E-state index is 8.93. The van der Waals surface area contributed by atoms with Gasteiger partial charge >= 0.3 is 0 Å². The summed E-state index contributed by atoms with van der Waals surface area (Å²) in [6, 6.07) is 14.6. The maximum Gasteiger partial charge on any atom is 0.157 e. The van der Waals surface area contributed by atoms with Crippen molar-refractivity contribution in [2.75, 3.05) is 0 Å². The van der Waals surface area contributed by atoms with Gasteiger partial charge in [-0.15, -0.1) is 0 Å². The summed E-state index contributed by atoms with van der Waals surface area (Å²) in [6.07, 6.45) is 3.43. The number of hydrogen-bond donors (Lipinski definition) is 2. The molecule has 0 aromatic heterocycles. The molecule has 2 rings (SSSR count). The van der Waals surface area contributed by atoms with E-state index in [0.29, 0.717) is 0 Å². The molecule has 0 radical (unpaired) electrons. The van der Waals surface area contributed by atoms with Gasteiger partial charge in [0.05, 0.1) is 0 Å². The van der Waals surface area contributed by atoms with Gasteiger partial charge in [0, 0.05) is 0 Å². The second-order valence-corrected chi connectivity index (χ2v) is 3.57. The quantitative estimate of drug-likeness (QED) is 0.777. The smallest absolute Gasteiger partial charge is 0.157 e. The van der Waals surface area contributed by atoms with Crippen molar-refractivity contribution in [1.29, 1.82) is 0 Å². The summed E-state index contributed by atoms with van der Waals surface area (Å²) in [5.74, 6) is -0.219. The van der Waals surface area contributed by atoms with Gasteiger partial charge in [-0.1, -0.05) is 61.7 Å². The third-order valence-corrected chi connectivity index (χ3v) is 2.27. The highest BCUT2D eigenvalue weighted by Gasteiger charge is 1.96. The van der Waals surface area contributed by atoms with Gasteiger partial charge in [-0.05, 0) is 23.3 Å². The monoisotopic (exact) mass is 240 g/mol. The summed E-state index contributed by atoms with van der Waals surface area (Å²) in [5, 5.41) is 17.8. The first-order valence-electron chi connectivity index (χ1n) is 5.49. The molecule has 2 nitrogen and oxygen atoms in total. The van der Waals surface area contributed by atoms with Crippen LogP contribution in [0.5, 0.6) is 11.5 Å². The van der Waals surface area contributed by atoms with Crippen molar-refractivity contribution in [1.82, 2.24) is 0 Å². The lowest BCUT2D eigenvalue weighted by molar-refractivity contribution is 0.403. The topological polar surface area (TPSA) is 40.5 Å². The summed E-state index contributed by atoms with van der Waals surface area (Å²) in [4.78, 5) is 0. The zero-order valence-electron chi connectivity index (χ0n) is 10.1. The molecule has 0 bridgehead atoms. The van der Waals surface area contributed by atoms with Crippen molar-refractivity contribution in [3.63, 3.8) is 0 Å². The van der Waals surface area contributed by atoms with Crippen molar-refractivity contribution in [2.24, 2.45) is 0 Å². The fraction of sp³-hybridized carbons (Fsp3) is 0. The first-order chi connectivity index (χ1) is 8.67. The van der Waals surface area contributed by atoms with E-state index in [1.165, 1.54) is 17.7 Å². The number of benzene rings is 2. The van der Waals surface area contributed by atoms with E-state index in [2.05, 4.69) is 13.2 Å². The Kier molecular flexibility index (Phi) is 5.26. The molecule has 0 spiro atoms. The molecule has 2 heteroatoms. The highest BCUT2D eigenvalue weighted by molar-refractivity contribution is 5.53. The lowest BCUT2D eigenvalue weighted by Crippen LogP contribution is -1.71. The van der Waals surface area contributed by atoms with Crippen LogP contribution < -0.4 is 0 Å². The number of aromatic hydroxyl groups is 2. The van der Waals surface area contributed by atoms with Crippen LogP contribution in [-0.4, -0.2) is 10.2 Å². The normalized spacial score (nSPS) is 8.89. The van der Waals surface area contributed by atoms with Crippen LogP contribution in [0.1, 0.15) is 11.1 Å². The summed E-state index contributed by atoms with van der Waals surface area (Å²) in [7, 11) is 0. The minimum Gasteiger partial charge on any atom is -0.504 e. The van der Waals surface area contributed by atoms with Crippen LogP contribution in [0, 0.1) is 0 Å². The Hall–Kier alpha value is -2.48. The Morgan fingerprint density at radius 2 is 1.33 bits per heavy atom. The van der Waals surface area contributed by atoms with E-state index in [0.717, 1.165) is 5.56 Å². The Balaban J connectivity index is 0.000000184. The largest absolute Gasteiger partial charge is 0.504 e. The molecule has 0 amide bonds. The Labute approximate surface area is 107 Å². The molecule has 0 aliphatic heterocycles. The molecule has 2 aromatic carbocycles. The van der Waals surface area contributed by atoms with E-state index < -0.39 is 0 Å². The van der Waals surface area contributed by atoms with Crippen LogP contribution >= 0.6 is 0 Å². The van der Waals surface area contributed by atoms with Gasteiger partial charge in [-0.25, -0.2) is 0 Å². The summed E-state index contributed by atoms with van der Waals surface area (Å²) in [6.45, 7) is 7.14. The molecular formula is C16H16O2. The lowest BCUT2D eigenvalue weighted by atomic mass is 10.2. The first-order valence-corrected chi connectivity index (χ1v) is 5.49. The highest BCUT2D eigenvalue weighted by atomic mass is 16.3. The standard InChI is InChI=1S/C8H8O2.C8H8/c1-2-6-3-4-7(9)8(10)5-6;1-2-8-6-4-3-5-7-8/h2-5,9-10H,1H2;2-7H,1H2. The molecule has 0 saturated heterocycles. The van der Waals surface area contributed by atoms with Crippen molar-refractivity contribution in [3.05, 3.63) is 72.8 Å². The molecule has 2 N–H and O–H groups in total. The molecule has 0 aliphatic carbocycles. The van der Waals surface area contributed by atoms with Gasteiger partial charge in [0.15, 0.2) is 11.5 Å². The molecule has 0 atom stereocenters. The predicted molar refractivity (Wildman–Crippen MR) is 76.4 cm³/mol. The Morgan fingerprint density at radius 3 is 1.78 bits per heavy atom. The van der Waals surface area contributed by atoms with Crippen molar-refractivity contribution >= 4 is 12.2 Å². The van der Waals surface area contributed by atoms with Crippen molar-refractivity contribution < 1.29 is 10.2 Å². The third kappa shape index (κ3) is 4.18. The van der Waals surface area contributed by atoms with E-state index in [-0.39, 0.29) is 11.5 Å². The van der Waals surface area contributed by atoms with Crippen molar-refractivity contribution in [2.45, 2.75) is 0 Å². The molecular weight excluding hydrogens is 224 g/mol. The van der Waals surface area contributed by atoms with E-state index in [1.807, 2.05) is 36.4 Å². The predicted octanol–water partition coefficient (Wildman–Crippen LogP) is 4.07. The zero-order chi connectivity index (χ0) is 13.4. The van der Waals surface area contributed by atoms with Crippen LogP contribution in [0.25, 0.3) is 12.2 Å². The van der Waals surface area contributed by atoms with E-state index in [9.17, 15) is 0 Å². The fourth-order valence-electron chi connectivity index (χ4n) is 1.26. The highest BCUT2D eigenvalue weighted by Crippen LogP contribution is 2.24. The fourth-order valence-corrected chi connectivity index (χ4v) is 1.26. The average molecular weight is 240 g/mol. The van der Waals surface area contributed by atoms with Crippen LogP contribution in [0.4, 0.5) is 0 Å². The van der Waals surface area contributed by atoms with E-state index >= 15 is 0 Å². The third-order valence-electron chi connectivity index (χ3n) is 2.27. The lowest BCUT2D eigenvalue weighted by Gasteiger charge is -1.96.